The second-order valence-corrected chi connectivity index (χ2v) is 4.41. The van der Waals surface area contributed by atoms with E-state index in [1.165, 1.54) is 12.3 Å². The van der Waals surface area contributed by atoms with Crippen molar-refractivity contribution in [2.75, 3.05) is 7.05 Å². The maximum atomic E-state index is 11.8. The molecule has 2 N–H and O–H groups in total. The maximum absolute atomic E-state index is 11.8. The van der Waals surface area contributed by atoms with Gasteiger partial charge in [0.05, 0.1) is 11.8 Å². The van der Waals surface area contributed by atoms with Crippen molar-refractivity contribution in [3.05, 3.63) is 58.5 Å². The van der Waals surface area contributed by atoms with E-state index >= 15 is 0 Å². The van der Waals surface area contributed by atoms with E-state index in [-0.39, 0.29) is 17.0 Å². The number of hydrogen-bond donors (Lipinski definition) is 2. The Kier molecular flexibility index (Phi) is 4.42. The molecular weight excluding hydrogens is 280 g/mol. The van der Waals surface area contributed by atoms with Crippen molar-refractivity contribution >= 4 is 23.4 Å². The monoisotopic (exact) mass is 292 g/mol. The van der Waals surface area contributed by atoms with E-state index in [0.717, 1.165) is 5.56 Å². The number of carbonyl (C=O) groups excluding carboxylic acids is 2. The fourth-order valence-corrected chi connectivity index (χ4v) is 1.85. The average molecular weight is 293 g/mol. The van der Waals surface area contributed by atoms with Crippen LogP contribution in [0.5, 0.6) is 0 Å². The average Bonchev–Trinajstić information content (AvgIpc) is 2.90. The fourth-order valence-electron chi connectivity index (χ4n) is 1.65. The Morgan fingerprint density at radius 1 is 1.15 bits per heavy atom. The van der Waals surface area contributed by atoms with Gasteiger partial charge in [-0.05, 0) is 35.4 Å². The largest absolute Gasteiger partial charge is 0.452 e. The summed E-state index contributed by atoms with van der Waals surface area (Å²) in [5.74, 6) is -0.454. The van der Waals surface area contributed by atoms with Gasteiger partial charge in [-0.1, -0.05) is 12.1 Å². The van der Waals surface area contributed by atoms with Crippen LogP contribution in [0.4, 0.5) is 0 Å². The molecule has 0 fully saturated rings. The SMILES string of the molecule is CNC(=O)c1ccc(CNC(=O)c2ccoc2Cl)cc1. The highest BCUT2D eigenvalue weighted by Crippen LogP contribution is 2.16. The molecule has 1 aromatic heterocycles. The molecule has 0 bridgehead atoms. The third-order valence-corrected chi connectivity index (χ3v) is 3.05. The molecule has 0 saturated carbocycles. The number of nitrogens with one attached hydrogen (secondary N) is 2. The molecule has 6 heteroatoms. The first-order valence-electron chi connectivity index (χ1n) is 5.94. The van der Waals surface area contributed by atoms with Crippen molar-refractivity contribution in [2.24, 2.45) is 0 Å². The summed E-state index contributed by atoms with van der Waals surface area (Å²) >= 11 is 5.72. The summed E-state index contributed by atoms with van der Waals surface area (Å²) in [4.78, 5) is 23.2. The van der Waals surface area contributed by atoms with E-state index in [1.54, 1.807) is 31.3 Å². The number of rotatable bonds is 4. The summed E-state index contributed by atoms with van der Waals surface area (Å²) in [6.45, 7) is 0.342. The third kappa shape index (κ3) is 3.19. The highest BCUT2D eigenvalue weighted by molar-refractivity contribution is 6.32. The Hall–Kier alpha value is -2.27. The first kappa shape index (κ1) is 14.1. The summed E-state index contributed by atoms with van der Waals surface area (Å²) in [6, 6.07) is 8.46. The molecule has 104 valence electrons. The van der Waals surface area contributed by atoms with Crippen LogP contribution in [0.15, 0.2) is 41.0 Å². The van der Waals surface area contributed by atoms with Gasteiger partial charge in [0.2, 0.25) is 5.22 Å². The molecule has 2 amide bonds. The topological polar surface area (TPSA) is 71.3 Å². The lowest BCUT2D eigenvalue weighted by atomic mass is 10.1. The Balaban J connectivity index is 1.96. The Bertz CT molecular complexity index is 620. The van der Waals surface area contributed by atoms with Crippen LogP contribution in [0.2, 0.25) is 5.22 Å². The normalized spacial score (nSPS) is 10.1. The first-order chi connectivity index (χ1) is 9.61. The highest BCUT2D eigenvalue weighted by Gasteiger charge is 2.12. The zero-order valence-electron chi connectivity index (χ0n) is 10.8. The third-order valence-electron chi connectivity index (χ3n) is 2.76. The molecule has 5 nitrogen and oxygen atoms in total. The minimum Gasteiger partial charge on any atom is -0.452 e. The van der Waals surface area contributed by atoms with Crippen molar-refractivity contribution in [1.29, 1.82) is 0 Å². The van der Waals surface area contributed by atoms with Crippen LogP contribution >= 0.6 is 11.6 Å². The summed E-state index contributed by atoms with van der Waals surface area (Å²) in [7, 11) is 1.57. The standard InChI is InChI=1S/C14H13ClN2O3/c1-16-13(18)10-4-2-9(3-5-10)8-17-14(19)11-6-7-20-12(11)15/h2-7H,8H2,1H3,(H,16,18)(H,17,19). The van der Waals surface area contributed by atoms with Crippen LogP contribution in [-0.2, 0) is 6.54 Å². The van der Waals surface area contributed by atoms with Crippen LogP contribution in [0.1, 0.15) is 26.3 Å². The molecule has 0 radical (unpaired) electrons. The molecule has 2 aromatic rings. The van der Waals surface area contributed by atoms with Gasteiger partial charge in [0, 0.05) is 19.2 Å². The molecule has 2 rings (SSSR count). The van der Waals surface area contributed by atoms with Gasteiger partial charge >= 0.3 is 0 Å². The molecule has 0 spiro atoms. The lowest BCUT2D eigenvalue weighted by molar-refractivity contribution is 0.0945. The lowest BCUT2D eigenvalue weighted by Crippen LogP contribution is -2.22. The van der Waals surface area contributed by atoms with Gasteiger partial charge in [0.1, 0.15) is 0 Å². The van der Waals surface area contributed by atoms with Crippen molar-refractivity contribution in [3.8, 4) is 0 Å². The van der Waals surface area contributed by atoms with Gasteiger partial charge < -0.3 is 15.1 Å². The van der Waals surface area contributed by atoms with Gasteiger partial charge in [0.25, 0.3) is 11.8 Å². The van der Waals surface area contributed by atoms with E-state index in [9.17, 15) is 9.59 Å². The molecule has 1 heterocycles. The number of halogens is 1. The van der Waals surface area contributed by atoms with E-state index in [2.05, 4.69) is 10.6 Å². The summed E-state index contributed by atoms with van der Waals surface area (Å²) in [5, 5.41) is 5.33. The maximum Gasteiger partial charge on any atom is 0.256 e. The Labute approximate surface area is 120 Å². The zero-order valence-corrected chi connectivity index (χ0v) is 11.5. The quantitative estimate of drug-likeness (QED) is 0.907. The van der Waals surface area contributed by atoms with Gasteiger partial charge in [0.15, 0.2) is 0 Å². The second kappa shape index (κ2) is 6.25. The predicted octanol–water partition coefficient (Wildman–Crippen LogP) is 2.22. The Morgan fingerprint density at radius 3 is 2.40 bits per heavy atom. The van der Waals surface area contributed by atoms with Crippen LogP contribution in [0.25, 0.3) is 0 Å². The molecule has 0 aliphatic carbocycles. The van der Waals surface area contributed by atoms with Crippen molar-refractivity contribution < 1.29 is 14.0 Å². The number of benzene rings is 1. The van der Waals surface area contributed by atoms with Gasteiger partial charge in [-0.3, -0.25) is 9.59 Å². The number of carbonyl (C=O) groups is 2. The predicted molar refractivity (Wildman–Crippen MR) is 74.7 cm³/mol. The van der Waals surface area contributed by atoms with Crippen LogP contribution in [0.3, 0.4) is 0 Å². The number of hydrogen-bond acceptors (Lipinski definition) is 3. The molecule has 20 heavy (non-hydrogen) atoms. The van der Waals surface area contributed by atoms with Gasteiger partial charge in [-0.15, -0.1) is 0 Å². The van der Waals surface area contributed by atoms with E-state index in [0.29, 0.717) is 17.7 Å². The molecule has 0 aliphatic rings. The highest BCUT2D eigenvalue weighted by atomic mass is 35.5. The molecular formula is C14H13ClN2O3. The van der Waals surface area contributed by atoms with Crippen molar-refractivity contribution in [2.45, 2.75) is 6.54 Å². The summed E-state index contributed by atoms with van der Waals surface area (Å²) < 4.78 is 4.85. The molecule has 0 atom stereocenters. The van der Waals surface area contributed by atoms with E-state index in [4.69, 9.17) is 16.0 Å². The number of amides is 2. The van der Waals surface area contributed by atoms with Gasteiger partial charge in [-0.2, -0.15) is 0 Å². The van der Waals surface area contributed by atoms with Crippen LogP contribution in [-0.4, -0.2) is 18.9 Å². The molecule has 0 unspecified atom stereocenters. The minimum absolute atomic E-state index is 0.0671. The van der Waals surface area contributed by atoms with E-state index < -0.39 is 0 Å². The minimum atomic E-state index is -0.306. The van der Waals surface area contributed by atoms with Crippen LogP contribution < -0.4 is 10.6 Å². The fraction of sp³-hybridized carbons (Fsp3) is 0.143. The smallest absolute Gasteiger partial charge is 0.256 e. The first-order valence-corrected chi connectivity index (χ1v) is 6.32. The van der Waals surface area contributed by atoms with Crippen LogP contribution in [0, 0.1) is 0 Å². The molecule has 0 aliphatic heterocycles. The summed E-state index contributed by atoms with van der Waals surface area (Å²) in [5.41, 5.74) is 1.75. The second-order valence-electron chi connectivity index (χ2n) is 4.07. The summed E-state index contributed by atoms with van der Waals surface area (Å²) in [6.07, 6.45) is 1.36. The van der Waals surface area contributed by atoms with Crippen molar-refractivity contribution in [1.82, 2.24) is 10.6 Å². The Morgan fingerprint density at radius 2 is 1.85 bits per heavy atom. The lowest BCUT2D eigenvalue weighted by Gasteiger charge is -2.05. The number of furan rings is 1. The molecule has 1 aromatic carbocycles. The van der Waals surface area contributed by atoms with Crippen molar-refractivity contribution in [3.63, 3.8) is 0 Å². The van der Waals surface area contributed by atoms with Gasteiger partial charge in [-0.25, -0.2) is 0 Å². The zero-order chi connectivity index (χ0) is 14.5. The molecule has 0 saturated heterocycles. The van der Waals surface area contributed by atoms with E-state index in [1.807, 2.05) is 0 Å².